The van der Waals surface area contributed by atoms with Crippen LogP contribution in [0.15, 0.2) is 60.7 Å². The molecule has 1 atom stereocenters. The Balaban J connectivity index is 1.54. The molecule has 10 heteroatoms. The zero-order chi connectivity index (χ0) is 31.9. The number of hydrogen-bond acceptors (Lipinski definition) is 8. The second-order valence-electron chi connectivity index (χ2n) is 11.6. The Kier molecular flexibility index (Phi) is 10.4. The number of ether oxygens (including phenoxy) is 4. The van der Waals surface area contributed by atoms with Crippen LogP contribution in [-0.4, -0.2) is 61.7 Å². The summed E-state index contributed by atoms with van der Waals surface area (Å²) >= 11 is 0. The number of benzene rings is 3. The van der Waals surface area contributed by atoms with Crippen LogP contribution in [0, 0.1) is 0 Å². The Morgan fingerprint density at radius 1 is 0.932 bits per heavy atom. The summed E-state index contributed by atoms with van der Waals surface area (Å²) in [5.74, 6) is 0.652. The molecule has 1 unspecified atom stereocenters. The number of nitrogens with zero attached hydrogens (tertiary/aromatic N) is 1. The lowest BCUT2D eigenvalue weighted by Gasteiger charge is -2.36. The molecule has 1 saturated heterocycles. The van der Waals surface area contributed by atoms with E-state index in [0.717, 1.165) is 19.3 Å². The number of nitrogens with two attached hydrogens (primary N) is 1. The average molecular weight is 604 g/mol. The lowest BCUT2D eigenvalue weighted by Crippen LogP contribution is -2.46. The van der Waals surface area contributed by atoms with Crippen LogP contribution in [0.3, 0.4) is 0 Å². The zero-order valence-corrected chi connectivity index (χ0v) is 26.0. The highest BCUT2D eigenvalue weighted by Gasteiger charge is 2.30. The van der Waals surface area contributed by atoms with Crippen molar-refractivity contribution in [3.8, 4) is 17.2 Å². The number of carbonyl (C=O) groups is 3. The molecule has 0 bridgehead atoms. The lowest BCUT2D eigenvalue weighted by molar-refractivity contribution is 0.00742. The normalized spacial score (nSPS) is 14.8. The minimum absolute atomic E-state index is 0.0444. The minimum atomic E-state index is -0.584. The van der Waals surface area contributed by atoms with Crippen LogP contribution in [0.2, 0.25) is 0 Å². The van der Waals surface area contributed by atoms with Crippen molar-refractivity contribution in [2.45, 2.75) is 58.1 Å². The maximum atomic E-state index is 14.0. The Morgan fingerprint density at radius 2 is 1.64 bits per heavy atom. The third kappa shape index (κ3) is 8.00. The first kappa shape index (κ1) is 32.2. The number of anilines is 2. The van der Waals surface area contributed by atoms with Crippen LogP contribution >= 0.6 is 0 Å². The smallest absolute Gasteiger partial charge is 0.410 e. The van der Waals surface area contributed by atoms with Gasteiger partial charge in [-0.3, -0.25) is 9.59 Å². The highest BCUT2D eigenvalue weighted by molar-refractivity contribution is 6.18. The largest absolute Gasteiger partial charge is 0.497 e. The molecule has 0 radical (unpaired) electrons. The summed E-state index contributed by atoms with van der Waals surface area (Å²) in [5.41, 5.74) is 6.99. The molecule has 3 aromatic rings. The van der Waals surface area contributed by atoms with E-state index in [1.165, 1.54) is 7.11 Å². The van der Waals surface area contributed by atoms with Crippen molar-refractivity contribution in [2.24, 2.45) is 0 Å². The standard InChI is InChI=1S/C34H41N3O7/c1-34(2,3)44-33(40)37-19-7-6-9-23(37)18-20-43-29-21-25(42-5)16-17-26(29)31(38)27-10-8-11-28(35)30(27)36-32(39)22-12-14-24(41-4)15-13-22/h8,10-17,21,23H,6-7,9,18-20,35H2,1-5H3,(H,36,39). The molecular weight excluding hydrogens is 562 g/mol. The van der Waals surface area contributed by atoms with Gasteiger partial charge in [0.1, 0.15) is 22.8 Å². The molecule has 3 aromatic carbocycles. The first-order chi connectivity index (χ1) is 21.0. The van der Waals surface area contributed by atoms with Gasteiger partial charge in [0.05, 0.1) is 37.8 Å². The van der Waals surface area contributed by atoms with Gasteiger partial charge in [-0.2, -0.15) is 0 Å². The molecule has 1 heterocycles. The van der Waals surface area contributed by atoms with Gasteiger partial charge in [0.2, 0.25) is 0 Å². The highest BCUT2D eigenvalue weighted by atomic mass is 16.6. The van der Waals surface area contributed by atoms with Gasteiger partial charge in [-0.1, -0.05) is 6.07 Å². The number of para-hydroxylation sites is 1. The van der Waals surface area contributed by atoms with Crippen LogP contribution < -0.4 is 25.3 Å². The number of rotatable bonds is 10. The fourth-order valence-electron chi connectivity index (χ4n) is 5.08. The molecule has 1 fully saturated rings. The molecule has 3 N–H and O–H groups in total. The molecule has 0 aliphatic carbocycles. The van der Waals surface area contributed by atoms with Crippen molar-refractivity contribution in [3.05, 3.63) is 77.4 Å². The molecule has 0 saturated carbocycles. The molecule has 1 aliphatic heterocycles. The van der Waals surface area contributed by atoms with E-state index in [4.69, 9.17) is 24.7 Å². The van der Waals surface area contributed by atoms with Gasteiger partial charge in [0, 0.05) is 36.2 Å². The molecule has 0 spiro atoms. The number of likely N-dealkylation sites (tertiary alicyclic amines) is 1. The van der Waals surface area contributed by atoms with Gasteiger partial charge in [0.15, 0.2) is 5.78 Å². The summed E-state index contributed by atoms with van der Waals surface area (Å²) < 4.78 is 22.4. The average Bonchev–Trinajstić information content (AvgIpc) is 3.01. The fourth-order valence-corrected chi connectivity index (χ4v) is 5.08. The van der Waals surface area contributed by atoms with Crippen LogP contribution in [0.4, 0.5) is 16.2 Å². The maximum absolute atomic E-state index is 14.0. The van der Waals surface area contributed by atoms with Crippen molar-refractivity contribution >= 4 is 29.2 Å². The molecule has 2 amide bonds. The number of amides is 2. The van der Waals surface area contributed by atoms with E-state index in [0.29, 0.717) is 35.8 Å². The fraction of sp³-hybridized carbons (Fsp3) is 0.382. The molecular formula is C34H41N3O7. The van der Waals surface area contributed by atoms with Crippen molar-refractivity contribution < 1.29 is 33.3 Å². The van der Waals surface area contributed by atoms with E-state index in [1.807, 2.05) is 20.8 Å². The van der Waals surface area contributed by atoms with Gasteiger partial charge in [-0.05, 0) is 88.6 Å². The highest BCUT2D eigenvalue weighted by Crippen LogP contribution is 2.32. The number of nitrogens with one attached hydrogen (secondary N) is 1. The summed E-state index contributed by atoms with van der Waals surface area (Å²) in [4.78, 5) is 41.7. The Labute approximate surface area is 258 Å². The third-order valence-electron chi connectivity index (χ3n) is 7.33. The Morgan fingerprint density at radius 3 is 2.32 bits per heavy atom. The zero-order valence-electron chi connectivity index (χ0n) is 26.0. The molecule has 234 valence electrons. The van der Waals surface area contributed by atoms with E-state index in [2.05, 4.69) is 5.32 Å². The summed E-state index contributed by atoms with van der Waals surface area (Å²) in [6.45, 7) is 6.44. The van der Waals surface area contributed by atoms with Crippen molar-refractivity contribution in [1.29, 1.82) is 0 Å². The van der Waals surface area contributed by atoms with Crippen molar-refractivity contribution in [2.75, 3.05) is 38.4 Å². The second kappa shape index (κ2) is 14.2. The van der Waals surface area contributed by atoms with E-state index in [9.17, 15) is 14.4 Å². The molecule has 1 aliphatic rings. The number of hydrogen-bond donors (Lipinski definition) is 2. The summed E-state index contributed by atoms with van der Waals surface area (Å²) in [7, 11) is 3.08. The molecule has 44 heavy (non-hydrogen) atoms. The van der Waals surface area contributed by atoms with Crippen LogP contribution in [0.25, 0.3) is 0 Å². The molecule has 4 rings (SSSR count). The summed E-state index contributed by atoms with van der Waals surface area (Å²) in [5, 5.41) is 2.80. The van der Waals surface area contributed by atoms with Gasteiger partial charge in [-0.25, -0.2) is 4.79 Å². The van der Waals surface area contributed by atoms with Gasteiger partial charge in [0.25, 0.3) is 5.91 Å². The molecule has 10 nitrogen and oxygen atoms in total. The second-order valence-corrected chi connectivity index (χ2v) is 11.6. The quantitative estimate of drug-likeness (QED) is 0.203. The number of carbonyl (C=O) groups excluding carboxylic acids is 3. The topological polar surface area (TPSA) is 129 Å². The van der Waals surface area contributed by atoms with E-state index in [-0.39, 0.29) is 47.0 Å². The van der Waals surface area contributed by atoms with Gasteiger partial charge < -0.3 is 34.9 Å². The van der Waals surface area contributed by atoms with Crippen LogP contribution in [0.1, 0.15) is 72.7 Å². The Hall–Kier alpha value is -4.73. The summed E-state index contributed by atoms with van der Waals surface area (Å²) in [6.07, 6.45) is 3.00. The van der Waals surface area contributed by atoms with Crippen LogP contribution in [-0.2, 0) is 4.74 Å². The third-order valence-corrected chi connectivity index (χ3v) is 7.33. The van der Waals surface area contributed by atoms with Crippen molar-refractivity contribution in [3.63, 3.8) is 0 Å². The first-order valence-corrected chi connectivity index (χ1v) is 14.7. The van der Waals surface area contributed by atoms with Gasteiger partial charge in [-0.15, -0.1) is 0 Å². The number of piperidine rings is 1. The van der Waals surface area contributed by atoms with Gasteiger partial charge >= 0.3 is 6.09 Å². The van der Waals surface area contributed by atoms with E-state index < -0.39 is 11.5 Å². The molecule has 0 aromatic heterocycles. The SMILES string of the molecule is COc1ccc(C(=O)Nc2c(N)cccc2C(=O)c2ccc(OC)cc2OCCC2CCCCN2C(=O)OC(C)(C)C)cc1. The predicted molar refractivity (Wildman–Crippen MR) is 169 cm³/mol. The number of methoxy groups -OCH3 is 2. The first-order valence-electron chi connectivity index (χ1n) is 14.7. The van der Waals surface area contributed by atoms with E-state index >= 15 is 0 Å². The number of nitrogen functional groups attached to an aromatic ring is 1. The van der Waals surface area contributed by atoms with Crippen LogP contribution in [0.5, 0.6) is 17.2 Å². The maximum Gasteiger partial charge on any atom is 0.410 e. The lowest BCUT2D eigenvalue weighted by atomic mass is 9.99. The number of ketones is 1. The monoisotopic (exact) mass is 603 g/mol. The van der Waals surface area contributed by atoms with E-state index in [1.54, 1.807) is 72.7 Å². The van der Waals surface area contributed by atoms with Crippen molar-refractivity contribution in [1.82, 2.24) is 4.90 Å². The Bertz CT molecular complexity index is 1480. The minimum Gasteiger partial charge on any atom is -0.497 e. The summed E-state index contributed by atoms with van der Waals surface area (Å²) in [6, 6.07) is 16.4. The predicted octanol–water partition coefficient (Wildman–Crippen LogP) is 6.33.